The van der Waals surface area contributed by atoms with E-state index in [4.69, 9.17) is 0 Å². The lowest BCUT2D eigenvalue weighted by Crippen LogP contribution is -1.90. The number of rotatable bonds is 1. The molecule has 0 fully saturated rings. The molecule has 1 aromatic rings. The number of benzene rings is 1. The van der Waals surface area contributed by atoms with Crippen molar-refractivity contribution in [2.24, 2.45) is 0 Å². The second-order valence-electron chi connectivity index (χ2n) is 3.13. The van der Waals surface area contributed by atoms with E-state index in [0.717, 1.165) is 5.56 Å². The number of carbonyl (C=O) groups is 1. The van der Waals surface area contributed by atoms with Crippen LogP contribution in [-0.2, 0) is 0 Å². The van der Waals surface area contributed by atoms with E-state index in [1.165, 1.54) is 12.0 Å². The van der Waals surface area contributed by atoms with Crippen molar-refractivity contribution in [2.45, 2.75) is 34.1 Å². The Balaban J connectivity index is 0.000000424. The average Bonchev–Trinajstić information content (AvgIpc) is 2.06. The van der Waals surface area contributed by atoms with Gasteiger partial charge < -0.3 is 0 Å². The van der Waals surface area contributed by atoms with Crippen LogP contribution in [0.15, 0.2) is 24.3 Å². The molecule has 0 saturated heterocycles. The quantitative estimate of drug-likeness (QED) is 0.600. The van der Waals surface area contributed by atoms with Crippen LogP contribution < -0.4 is 0 Å². The predicted octanol–water partition coefficient (Wildman–Crippen LogP) is 3.61. The number of carbonyl (C=O) groups excluding carboxylic acids is 1. The molecule has 0 spiro atoms. The molecular weight excluding hydrogens is 160 g/mol. The molecule has 13 heavy (non-hydrogen) atoms. The number of hydrogen-bond donors (Lipinski definition) is 0. The lowest BCUT2D eigenvalue weighted by atomic mass is 10.1. The van der Waals surface area contributed by atoms with Gasteiger partial charge in [-0.25, -0.2) is 0 Å². The van der Waals surface area contributed by atoms with Crippen molar-refractivity contribution in [1.29, 1.82) is 0 Å². The molecule has 0 aliphatic carbocycles. The first-order chi connectivity index (χ1) is 6.11. The summed E-state index contributed by atoms with van der Waals surface area (Å²) in [4.78, 5) is 10.8. The maximum absolute atomic E-state index is 10.8. The van der Waals surface area contributed by atoms with Crippen LogP contribution in [0.4, 0.5) is 0 Å². The van der Waals surface area contributed by atoms with E-state index in [0.29, 0.717) is 0 Å². The summed E-state index contributed by atoms with van der Waals surface area (Å²) < 4.78 is 0. The maximum Gasteiger partial charge on any atom is 0.159 e. The van der Waals surface area contributed by atoms with Crippen LogP contribution in [0.5, 0.6) is 0 Å². The Morgan fingerprint density at radius 1 is 1.15 bits per heavy atom. The zero-order valence-corrected chi connectivity index (χ0v) is 8.92. The van der Waals surface area contributed by atoms with Crippen LogP contribution in [0.25, 0.3) is 0 Å². The standard InChI is InChI=1S/C9H10O.C3H8/c1-7-3-5-9(6-4-7)8(2)10;1-3-2/h3-6H,1-2H3;3H2,1-2H3. The third-order valence-electron chi connectivity index (χ3n) is 1.46. The molecule has 0 aliphatic heterocycles. The molecule has 1 nitrogen and oxygen atoms in total. The first-order valence-corrected chi connectivity index (χ1v) is 4.69. The summed E-state index contributed by atoms with van der Waals surface area (Å²) in [6.07, 6.45) is 1.25. The smallest absolute Gasteiger partial charge is 0.159 e. The van der Waals surface area contributed by atoms with Crippen molar-refractivity contribution in [3.8, 4) is 0 Å². The Labute approximate surface area is 80.8 Å². The largest absolute Gasteiger partial charge is 0.295 e. The first kappa shape index (κ1) is 11.9. The van der Waals surface area contributed by atoms with Gasteiger partial charge in [0.25, 0.3) is 0 Å². The summed E-state index contributed by atoms with van der Waals surface area (Å²) in [7, 11) is 0. The first-order valence-electron chi connectivity index (χ1n) is 4.69. The Morgan fingerprint density at radius 3 is 1.85 bits per heavy atom. The second-order valence-corrected chi connectivity index (χ2v) is 3.13. The molecule has 1 aromatic carbocycles. The van der Waals surface area contributed by atoms with Gasteiger partial charge in [-0.3, -0.25) is 4.79 Å². The number of aryl methyl sites for hydroxylation is 1. The Bertz CT molecular complexity index is 246. The van der Waals surface area contributed by atoms with Crippen molar-refractivity contribution in [3.63, 3.8) is 0 Å². The molecule has 0 bridgehead atoms. The minimum Gasteiger partial charge on any atom is -0.295 e. The monoisotopic (exact) mass is 178 g/mol. The molecule has 0 atom stereocenters. The normalized spacial score (nSPS) is 8.62. The summed E-state index contributed by atoms with van der Waals surface area (Å²) in [6.45, 7) is 7.83. The molecule has 0 amide bonds. The predicted molar refractivity (Wildman–Crippen MR) is 57.1 cm³/mol. The maximum atomic E-state index is 10.8. The van der Waals surface area contributed by atoms with E-state index in [1.54, 1.807) is 6.92 Å². The lowest BCUT2D eigenvalue weighted by molar-refractivity contribution is 0.101. The van der Waals surface area contributed by atoms with E-state index in [-0.39, 0.29) is 5.78 Å². The Kier molecular flexibility index (Phi) is 5.86. The third-order valence-corrected chi connectivity index (χ3v) is 1.46. The second kappa shape index (κ2) is 6.41. The topological polar surface area (TPSA) is 17.1 Å². The summed E-state index contributed by atoms with van der Waals surface area (Å²) >= 11 is 0. The number of Topliss-reactive ketones (excluding diaryl/α,β-unsaturated/α-hetero) is 1. The Morgan fingerprint density at radius 2 is 1.54 bits per heavy atom. The zero-order chi connectivity index (χ0) is 10.3. The van der Waals surface area contributed by atoms with E-state index < -0.39 is 0 Å². The summed E-state index contributed by atoms with van der Waals surface area (Å²) in [5, 5.41) is 0. The van der Waals surface area contributed by atoms with Crippen LogP contribution >= 0.6 is 0 Å². The molecular formula is C12H18O. The molecule has 72 valence electrons. The van der Waals surface area contributed by atoms with E-state index >= 15 is 0 Å². The van der Waals surface area contributed by atoms with Crippen molar-refractivity contribution >= 4 is 5.78 Å². The zero-order valence-electron chi connectivity index (χ0n) is 8.92. The lowest BCUT2D eigenvalue weighted by Gasteiger charge is -1.93. The van der Waals surface area contributed by atoms with Gasteiger partial charge in [-0.15, -0.1) is 0 Å². The minimum atomic E-state index is 0.125. The van der Waals surface area contributed by atoms with Crippen molar-refractivity contribution in [3.05, 3.63) is 35.4 Å². The molecule has 0 unspecified atom stereocenters. The van der Waals surface area contributed by atoms with Gasteiger partial charge in [-0.05, 0) is 13.8 Å². The van der Waals surface area contributed by atoms with E-state index in [2.05, 4.69) is 13.8 Å². The molecule has 0 heterocycles. The number of hydrogen-bond acceptors (Lipinski definition) is 1. The van der Waals surface area contributed by atoms with Crippen molar-refractivity contribution in [2.75, 3.05) is 0 Å². The molecule has 1 rings (SSSR count). The fourth-order valence-corrected chi connectivity index (χ4v) is 0.788. The third kappa shape index (κ3) is 5.18. The molecule has 0 saturated carbocycles. The van der Waals surface area contributed by atoms with Crippen LogP contribution in [-0.4, -0.2) is 5.78 Å². The summed E-state index contributed by atoms with van der Waals surface area (Å²) in [6, 6.07) is 7.57. The summed E-state index contributed by atoms with van der Waals surface area (Å²) in [5.74, 6) is 0.125. The van der Waals surface area contributed by atoms with Crippen molar-refractivity contribution < 1.29 is 4.79 Å². The van der Waals surface area contributed by atoms with Gasteiger partial charge in [0.1, 0.15) is 0 Å². The molecule has 0 N–H and O–H groups in total. The molecule has 0 aliphatic rings. The van der Waals surface area contributed by atoms with Crippen LogP contribution in [0.2, 0.25) is 0 Å². The van der Waals surface area contributed by atoms with Gasteiger partial charge in [0, 0.05) is 5.56 Å². The van der Waals surface area contributed by atoms with Gasteiger partial charge in [-0.1, -0.05) is 50.1 Å². The highest BCUT2D eigenvalue weighted by atomic mass is 16.1. The average molecular weight is 178 g/mol. The van der Waals surface area contributed by atoms with Crippen molar-refractivity contribution in [1.82, 2.24) is 0 Å². The molecule has 0 aromatic heterocycles. The highest BCUT2D eigenvalue weighted by molar-refractivity contribution is 5.93. The van der Waals surface area contributed by atoms with E-state index in [9.17, 15) is 4.79 Å². The van der Waals surface area contributed by atoms with Crippen LogP contribution in [0, 0.1) is 6.92 Å². The van der Waals surface area contributed by atoms with Gasteiger partial charge in [0.2, 0.25) is 0 Å². The molecule has 1 heteroatoms. The van der Waals surface area contributed by atoms with Gasteiger partial charge in [0.15, 0.2) is 5.78 Å². The highest BCUT2D eigenvalue weighted by Crippen LogP contribution is 2.02. The van der Waals surface area contributed by atoms with Crippen LogP contribution in [0.3, 0.4) is 0 Å². The van der Waals surface area contributed by atoms with Gasteiger partial charge >= 0.3 is 0 Å². The van der Waals surface area contributed by atoms with E-state index in [1.807, 2.05) is 31.2 Å². The number of ketones is 1. The molecule has 0 radical (unpaired) electrons. The highest BCUT2D eigenvalue weighted by Gasteiger charge is 1.95. The fourth-order valence-electron chi connectivity index (χ4n) is 0.788. The summed E-state index contributed by atoms with van der Waals surface area (Å²) in [5.41, 5.74) is 1.97. The van der Waals surface area contributed by atoms with Gasteiger partial charge in [-0.2, -0.15) is 0 Å². The Hall–Kier alpha value is -1.11. The van der Waals surface area contributed by atoms with Gasteiger partial charge in [0.05, 0.1) is 0 Å². The van der Waals surface area contributed by atoms with Crippen LogP contribution in [0.1, 0.15) is 43.1 Å². The SMILES string of the molecule is CC(=O)c1ccc(C)cc1.CCC. The minimum absolute atomic E-state index is 0.125. The fraction of sp³-hybridized carbons (Fsp3) is 0.417.